The van der Waals surface area contributed by atoms with E-state index in [9.17, 15) is 0 Å². The number of hydrogen-bond acceptors (Lipinski definition) is 6. The molecule has 6 heteroatoms. The van der Waals surface area contributed by atoms with E-state index < -0.39 is 0 Å². The number of nitrogens with one attached hydrogen (secondary N) is 2. The Morgan fingerprint density at radius 2 is 2.18 bits per heavy atom. The maximum Gasteiger partial charge on any atom is 0.315 e. The van der Waals surface area contributed by atoms with Crippen LogP contribution in [0.4, 0.5) is 6.01 Å². The van der Waals surface area contributed by atoms with Crippen LogP contribution < -0.4 is 10.6 Å². The predicted octanol–water partition coefficient (Wildman–Crippen LogP) is 2.12. The van der Waals surface area contributed by atoms with Crippen molar-refractivity contribution in [3.63, 3.8) is 0 Å². The second-order valence-electron chi connectivity index (χ2n) is 3.88. The van der Waals surface area contributed by atoms with Crippen LogP contribution in [0, 0.1) is 0 Å². The lowest BCUT2D eigenvalue weighted by atomic mass is 10.3. The standard InChI is InChI=1S/C11H22N4OS/c1-4-6-12-7-10-14-15-11(16-10)13-9(5-2)8-17-3/h9,12H,4-8H2,1-3H3,(H,13,15). The smallest absolute Gasteiger partial charge is 0.315 e. The first-order valence-corrected chi connectivity index (χ1v) is 7.48. The zero-order chi connectivity index (χ0) is 12.5. The topological polar surface area (TPSA) is 63.0 Å². The average molecular weight is 258 g/mol. The van der Waals surface area contributed by atoms with Gasteiger partial charge in [-0.1, -0.05) is 18.9 Å². The van der Waals surface area contributed by atoms with Crippen LogP contribution in [-0.4, -0.2) is 34.8 Å². The van der Waals surface area contributed by atoms with Crippen molar-refractivity contribution in [3.05, 3.63) is 5.89 Å². The number of nitrogens with zero attached hydrogens (tertiary/aromatic N) is 2. The molecule has 98 valence electrons. The highest BCUT2D eigenvalue weighted by molar-refractivity contribution is 7.98. The number of anilines is 1. The van der Waals surface area contributed by atoms with Crippen LogP contribution in [0.5, 0.6) is 0 Å². The third-order valence-electron chi connectivity index (χ3n) is 2.36. The zero-order valence-electron chi connectivity index (χ0n) is 10.8. The highest BCUT2D eigenvalue weighted by Crippen LogP contribution is 2.11. The van der Waals surface area contributed by atoms with Crippen LogP contribution in [0.15, 0.2) is 4.42 Å². The Hall–Kier alpha value is -0.750. The summed E-state index contributed by atoms with van der Waals surface area (Å²) in [6, 6.07) is 0.918. The molecule has 0 amide bonds. The van der Waals surface area contributed by atoms with Gasteiger partial charge in [0, 0.05) is 11.8 Å². The van der Waals surface area contributed by atoms with Crippen LogP contribution >= 0.6 is 11.8 Å². The molecule has 0 fully saturated rings. The molecule has 0 radical (unpaired) electrons. The van der Waals surface area contributed by atoms with Gasteiger partial charge in [-0.05, 0) is 25.6 Å². The van der Waals surface area contributed by atoms with Crippen molar-refractivity contribution in [2.75, 3.05) is 23.9 Å². The van der Waals surface area contributed by atoms with Crippen molar-refractivity contribution in [1.29, 1.82) is 0 Å². The number of thioether (sulfide) groups is 1. The lowest BCUT2D eigenvalue weighted by molar-refractivity contribution is 0.473. The molecule has 1 aromatic rings. The van der Waals surface area contributed by atoms with Gasteiger partial charge >= 0.3 is 6.01 Å². The van der Waals surface area contributed by atoms with Gasteiger partial charge in [0.1, 0.15) is 0 Å². The quantitative estimate of drug-likeness (QED) is 0.662. The van der Waals surface area contributed by atoms with Gasteiger partial charge in [-0.3, -0.25) is 0 Å². The monoisotopic (exact) mass is 258 g/mol. The van der Waals surface area contributed by atoms with Gasteiger partial charge in [-0.2, -0.15) is 11.8 Å². The van der Waals surface area contributed by atoms with Gasteiger partial charge in [-0.25, -0.2) is 0 Å². The van der Waals surface area contributed by atoms with Crippen molar-refractivity contribution in [1.82, 2.24) is 15.5 Å². The van der Waals surface area contributed by atoms with Crippen molar-refractivity contribution in [2.24, 2.45) is 0 Å². The third-order valence-corrected chi connectivity index (χ3v) is 3.09. The molecule has 0 saturated heterocycles. The van der Waals surface area contributed by atoms with Crippen LogP contribution in [0.2, 0.25) is 0 Å². The fraction of sp³-hybridized carbons (Fsp3) is 0.818. The summed E-state index contributed by atoms with van der Waals surface area (Å²) in [6.07, 6.45) is 4.25. The van der Waals surface area contributed by atoms with E-state index in [0.29, 0.717) is 24.5 Å². The van der Waals surface area contributed by atoms with Crippen molar-refractivity contribution in [3.8, 4) is 0 Å². The molecule has 1 heterocycles. The molecule has 1 aromatic heterocycles. The van der Waals surface area contributed by atoms with Crippen LogP contribution in [0.25, 0.3) is 0 Å². The van der Waals surface area contributed by atoms with Crippen LogP contribution in [0.1, 0.15) is 32.6 Å². The molecule has 2 N–H and O–H groups in total. The third kappa shape index (κ3) is 5.41. The molecule has 0 aliphatic heterocycles. The molecule has 0 aliphatic carbocycles. The molecule has 0 aromatic carbocycles. The summed E-state index contributed by atoms with van der Waals surface area (Å²) in [5.41, 5.74) is 0. The highest BCUT2D eigenvalue weighted by Gasteiger charge is 2.10. The van der Waals surface area contributed by atoms with E-state index in [0.717, 1.165) is 25.1 Å². The molecule has 0 spiro atoms. The molecule has 17 heavy (non-hydrogen) atoms. The van der Waals surface area contributed by atoms with E-state index in [1.165, 1.54) is 0 Å². The molecule has 0 aliphatic rings. The minimum absolute atomic E-state index is 0.391. The van der Waals surface area contributed by atoms with Crippen molar-refractivity contribution in [2.45, 2.75) is 39.3 Å². The first kappa shape index (κ1) is 14.3. The molecule has 1 rings (SSSR count). The number of rotatable bonds is 9. The van der Waals surface area contributed by atoms with E-state index in [-0.39, 0.29) is 0 Å². The molecule has 0 bridgehead atoms. The first-order chi connectivity index (χ1) is 8.30. The zero-order valence-corrected chi connectivity index (χ0v) is 11.6. The highest BCUT2D eigenvalue weighted by atomic mass is 32.2. The van der Waals surface area contributed by atoms with E-state index in [2.05, 4.69) is 40.9 Å². The molecular formula is C11H22N4OS. The van der Waals surface area contributed by atoms with Gasteiger partial charge in [0.2, 0.25) is 5.89 Å². The van der Waals surface area contributed by atoms with Gasteiger partial charge in [0.15, 0.2) is 0 Å². The second-order valence-corrected chi connectivity index (χ2v) is 4.79. The fourth-order valence-electron chi connectivity index (χ4n) is 1.39. The molecule has 1 unspecified atom stereocenters. The summed E-state index contributed by atoms with van der Waals surface area (Å²) in [5.74, 6) is 1.68. The Morgan fingerprint density at radius 3 is 2.82 bits per heavy atom. The fourth-order valence-corrected chi connectivity index (χ4v) is 2.11. The summed E-state index contributed by atoms with van der Waals surface area (Å²) in [5, 5.41) is 14.5. The molecular weight excluding hydrogens is 236 g/mol. The lowest BCUT2D eigenvalue weighted by Crippen LogP contribution is -2.21. The average Bonchev–Trinajstić information content (AvgIpc) is 2.77. The first-order valence-electron chi connectivity index (χ1n) is 6.08. The Morgan fingerprint density at radius 1 is 1.35 bits per heavy atom. The summed E-state index contributed by atoms with van der Waals surface area (Å²) >= 11 is 1.81. The Balaban J connectivity index is 2.38. The Bertz CT molecular complexity index is 305. The lowest BCUT2D eigenvalue weighted by Gasteiger charge is -2.12. The van der Waals surface area contributed by atoms with Gasteiger partial charge in [0.25, 0.3) is 0 Å². The summed E-state index contributed by atoms with van der Waals surface area (Å²) in [4.78, 5) is 0. The summed E-state index contributed by atoms with van der Waals surface area (Å²) in [6.45, 7) is 5.88. The molecule has 5 nitrogen and oxygen atoms in total. The Labute approximate surface area is 107 Å². The van der Waals surface area contributed by atoms with Crippen LogP contribution in [-0.2, 0) is 6.54 Å². The SMILES string of the molecule is CCCNCc1nnc(NC(CC)CSC)o1. The van der Waals surface area contributed by atoms with Gasteiger partial charge in [0.05, 0.1) is 6.54 Å². The van der Waals surface area contributed by atoms with Gasteiger partial charge in [-0.15, -0.1) is 5.10 Å². The van der Waals surface area contributed by atoms with E-state index in [1.807, 2.05) is 11.8 Å². The number of hydrogen-bond donors (Lipinski definition) is 2. The normalized spacial score (nSPS) is 12.6. The van der Waals surface area contributed by atoms with Crippen molar-refractivity contribution >= 4 is 17.8 Å². The van der Waals surface area contributed by atoms with E-state index in [1.54, 1.807) is 0 Å². The largest absolute Gasteiger partial charge is 0.407 e. The second kappa shape index (κ2) is 8.36. The van der Waals surface area contributed by atoms with Crippen molar-refractivity contribution < 1.29 is 4.42 Å². The maximum absolute atomic E-state index is 5.50. The molecule has 0 saturated carbocycles. The predicted molar refractivity (Wildman–Crippen MR) is 72.4 cm³/mol. The van der Waals surface area contributed by atoms with Crippen LogP contribution in [0.3, 0.4) is 0 Å². The summed E-state index contributed by atoms with van der Waals surface area (Å²) < 4.78 is 5.50. The maximum atomic E-state index is 5.50. The molecule has 1 atom stereocenters. The van der Waals surface area contributed by atoms with E-state index >= 15 is 0 Å². The summed E-state index contributed by atoms with van der Waals surface area (Å²) in [7, 11) is 0. The Kier molecular flexibility index (Phi) is 7.04. The van der Waals surface area contributed by atoms with E-state index in [4.69, 9.17) is 4.42 Å². The van der Waals surface area contributed by atoms with Gasteiger partial charge < -0.3 is 15.1 Å². The number of aromatic nitrogens is 2. The minimum Gasteiger partial charge on any atom is -0.407 e. The minimum atomic E-state index is 0.391.